The molecule has 0 aromatic heterocycles. The van der Waals surface area contributed by atoms with Crippen molar-refractivity contribution >= 4 is 0 Å². The topological polar surface area (TPSA) is 38.7 Å². The number of hydrogen-bond donors (Lipinski definition) is 1. The first-order valence-electron chi connectivity index (χ1n) is 4.26. The lowest BCUT2D eigenvalue weighted by Gasteiger charge is -2.29. The van der Waals surface area contributed by atoms with Crippen LogP contribution in [0.4, 0.5) is 0 Å². The second-order valence-electron chi connectivity index (χ2n) is 3.09. The molecular formula is C10H18O3. The summed E-state index contributed by atoms with van der Waals surface area (Å²) in [6.45, 7) is 3.46. The third-order valence-electron chi connectivity index (χ3n) is 1.87. The average Bonchev–Trinajstić information content (AvgIpc) is 2.06. The zero-order valence-corrected chi connectivity index (χ0v) is 8.76. The highest BCUT2D eigenvalue weighted by Gasteiger charge is 2.31. The molecule has 13 heavy (non-hydrogen) atoms. The quantitative estimate of drug-likeness (QED) is 0.517. The highest BCUT2D eigenvalue weighted by Crippen LogP contribution is 2.19. The zero-order valence-electron chi connectivity index (χ0n) is 8.76. The number of ether oxygens (including phenoxy) is 2. The Morgan fingerprint density at radius 1 is 1.38 bits per heavy atom. The van der Waals surface area contributed by atoms with Crippen LogP contribution in [0.1, 0.15) is 26.7 Å². The van der Waals surface area contributed by atoms with Gasteiger partial charge in [-0.25, -0.2) is 0 Å². The largest absolute Gasteiger partial charge is 0.385 e. The summed E-state index contributed by atoms with van der Waals surface area (Å²) in [7, 11) is 3.02. The van der Waals surface area contributed by atoms with Crippen LogP contribution >= 0.6 is 0 Å². The predicted octanol–water partition coefficient (Wildman–Crippen LogP) is 1.16. The average molecular weight is 186 g/mol. The van der Waals surface area contributed by atoms with E-state index in [0.29, 0.717) is 12.8 Å². The molecule has 1 unspecified atom stereocenters. The van der Waals surface area contributed by atoms with Crippen molar-refractivity contribution in [2.45, 2.75) is 38.6 Å². The van der Waals surface area contributed by atoms with Crippen molar-refractivity contribution in [2.24, 2.45) is 0 Å². The number of rotatable bonds is 5. The predicted molar refractivity (Wildman–Crippen MR) is 51.1 cm³/mol. The number of hydrogen-bond acceptors (Lipinski definition) is 3. The summed E-state index contributed by atoms with van der Waals surface area (Å²) in [5.74, 6) is 5.66. The van der Waals surface area contributed by atoms with Gasteiger partial charge in [-0.15, -0.1) is 11.8 Å². The van der Waals surface area contributed by atoms with Crippen molar-refractivity contribution in [3.05, 3.63) is 0 Å². The number of methoxy groups -OCH3 is 2. The molecule has 0 aromatic carbocycles. The molecule has 1 N–H and O–H groups in total. The minimum absolute atomic E-state index is 0.542. The van der Waals surface area contributed by atoms with E-state index >= 15 is 0 Å². The van der Waals surface area contributed by atoms with Gasteiger partial charge in [-0.3, -0.25) is 0 Å². The van der Waals surface area contributed by atoms with Gasteiger partial charge in [0.05, 0.1) is 0 Å². The molecule has 0 aliphatic rings. The molecule has 0 spiro atoms. The van der Waals surface area contributed by atoms with Gasteiger partial charge in [0.2, 0.25) is 0 Å². The Kier molecular flexibility index (Phi) is 5.72. The van der Waals surface area contributed by atoms with Crippen LogP contribution in [0, 0.1) is 11.8 Å². The van der Waals surface area contributed by atoms with Gasteiger partial charge in [0, 0.05) is 20.6 Å². The molecule has 0 fully saturated rings. The Morgan fingerprint density at radius 2 is 1.92 bits per heavy atom. The van der Waals surface area contributed by atoms with Crippen molar-refractivity contribution in [1.82, 2.24) is 0 Å². The summed E-state index contributed by atoms with van der Waals surface area (Å²) >= 11 is 0. The van der Waals surface area contributed by atoms with Gasteiger partial charge in [-0.2, -0.15) is 0 Å². The van der Waals surface area contributed by atoms with Gasteiger partial charge in [0.1, 0.15) is 5.60 Å². The second-order valence-corrected chi connectivity index (χ2v) is 3.09. The van der Waals surface area contributed by atoms with Crippen LogP contribution < -0.4 is 0 Å². The normalized spacial score (nSPS) is 14.9. The summed E-state index contributed by atoms with van der Waals surface area (Å²) in [5, 5.41) is 9.88. The molecule has 0 aliphatic heterocycles. The van der Waals surface area contributed by atoms with Crippen molar-refractivity contribution in [1.29, 1.82) is 0 Å². The fourth-order valence-electron chi connectivity index (χ4n) is 1.16. The molecule has 0 aliphatic carbocycles. The maximum absolute atomic E-state index is 9.88. The van der Waals surface area contributed by atoms with E-state index in [0.717, 1.165) is 0 Å². The van der Waals surface area contributed by atoms with Crippen LogP contribution in [0.5, 0.6) is 0 Å². The van der Waals surface area contributed by atoms with Crippen LogP contribution in [0.15, 0.2) is 0 Å². The van der Waals surface area contributed by atoms with E-state index in [-0.39, 0.29) is 0 Å². The highest BCUT2D eigenvalue weighted by atomic mass is 16.7. The van der Waals surface area contributed by atoms with E-state index in [9.17, 15) is 5.11 Å². The maximum Gasteiger partial charge on any atom is 0.185 e. The van der Waals surface area contributed by atoms with E-state index in [2.05, 4.69) is 11.8 Å². The van der Waals surface area contributed by atoms with Crippen LogP contribution in [-0.4, -0.2) is 31.2 Å². The molecule has 0 bridgehead atoms. The lowest BCUT2D eigenvalue weighted by Crippen LogP contribution is -2.41. The SMILES string of the molecule is CC#CCCC(C)(O)C(OC)OC. The molecule has 0 amide bonds. The lowest BCUT2D eigenvalue weighted by molar-refractivity contribution is -0.209. The van der Waals surface area contributed by atoms with E-state index in [1.807, 2.05) is 0 Å². The van der Waals surface area contributed by atoms with Crippen molar-refractivity contribution in [3.63, 3.8) is 0 Å². The van der Waals surface area contributed by atoms with Crippen molar-refractivity contribution in [3.8, 4) is 11.8 Å². The fraction of sp³-hybridized carbons (Fsp3) is 0.800. The molecule has 0 radical (unpaired) electrons. The molecule has 3 nitrogen and oxygen atoms in total. The molecule has 0 rings (SSSR count). The van der Waals surface area contributed by atoms with Gasteiger partial charge in [0.25, 0.3) is 0 Å². The monoisotopic (exact) mass is 186 g/mol. The van der Waals surface area contributed by atoms with E-state index in [1.165, 1.54) is 14.2 Å². The Morgan fingerprint density at radius 3 is 2.31 bits per heavy atom. The standard InChI is InChI=1S/C10H18O3/c1-5-6-7-8-10(2,11)9(12-3)13-4/h9,11H,7-8H2,1-4H3. The van der Waals surface area contributed by atoms with E-state index in [4.69, 9.17) is 9.47 Å². The fourth-order valence-corrected chi connectivity index (χ4v) is 1.16. The third kappa shape index (κ3) is 4.28. The first kappa shape index (κ1) is 12.4. The van der Waals surface area contributed by atoms with E-state index in [1.54, 1.807) is 13.8 Å². The van der Waals surface area contributed by atoms with Crippen LogP contribution in [0.25, 0.3) is 0 Å². The van der Waals surface area contributed by atoms with Crippen LogP contribution in [0.2, 0.25) is 0 Å². The lowest BCUT2D eigenvalue weighted by atomic mass is 10.00. The summed E-state index contributed by atoms with van der Waals surface area (Å²) < 4.78 is 9.95. The number of aliphatic hydroxyl groups is 1. The first-order valence-corrected chi connectivity index (χ1v) is 4.26. The Hall–Kier alpha value is -0.560. The van der Waals surface area contributed by atoms with Gasteiger partial charge in [-0.05, 0) is 20.3 Å². The highest BCUT2D eigenvalue weighted by molar-refractivity contribution is 4.96. The summed E-state index contributed by atoms with van der Waals surface area (Å²) in [6, 6.07) is 0. The Balaban J connectivity index is 4.08. The molecule has 0 heterocycles. The summed E-state index contributed by atoms with van der Waals surface area (Å²) in [4.78, 5) is 0. The third-order valence-corrected chi connectivity index (χ3v) is 1.87. The van der Waals surface area contributed by atoms with Gasteiger partial charge >= 0.3 is 0 Å². The molecule has 3 heteroatoms. The summed E-state index contributed by atoms with van der Waals surface area (Å²) in [5.41, 5.74) is -0.979. The van der Waals surface area contributed by atoms with Crippen LogP contribution in [0.3, 0.4) is 0 Å². The van der Waals surface area contributed by atoms with Gasteiger partial charge in [0.15, 0.2) is 6.29 Å². The minimum atomic E-state index is -0.979. The van der Waals surface area contributed by atoms with Crippen LogP contribution in [-0.2, 0) is 9.47 Å². The molecule has 76 valence electrons. The smallest absolute Gasteiger partial charge is 0.185 e. The summed E-state index contributed by atoms with van der Waals surface area (Å²) in [6.07, 6.45) is 0.596. The van der Waals surface area contributed by atoms with Gasteiger partial charge < -0.3 is 14.6 Å². The van der Waals surface area contributed by atoms with Gasteiger partial charge in [-0.1, -0.05) is 0 Å². The maximum atomic E-state index is 9.88. The molecule has 0 saturated heterocycles. The molecule has 0 saturated carbocycles. The molecule has 0 aromatic rings. The second kappa shape index (κ2) is 5.98. The first-order chi connectivity index (χ1) is 6.08. The van der Waals surface area contributed by atoms with Crippen molar-refractivity contribution < 1.29 is 14.6 Å². The zero-order chi connectivity index (χ0) is 10.3. The molecular weight excluding hydrogens is 168 g/mol. The molecule has 1 atom stereocenters. The Bertz CT molecular complexity index is 184. The van der Waals surface area contributed by atoms with Crippen molar-refractivity contribution in [2.75, 3.05) is 14.2 Å². The van der Waals surface area contributed by atoms with E-state index < -0.39 is 11.9 Å². The Labute approximate surface area is 80.0 Å². The minimum Gasteiger partial charge on any atom is -0.385 e.